The minimum atomic E-state index is -1.77. The maximum absolute atomic E-state index is 10.6. The number of aldehydes is 1. The van der Waals surface area contributed by atoms with E-state index in [1.807, 2.05) is 0 Å². The highest BCUT2D eigenvalue weighted by Gasteiger charge is 2.49. The number of carbonyl (C=O) groups excluding carboxylic acids is 1. The molecule has 1 saturated heterocycles. The van der Waals surface area contributed by atoms with Crippen molar-refractivity contribution in [1.82, 2.24) is 0 Å². The first kappa shape index (κ1) is 14.1. The standard InChI is InChI=1S/C13H16O6/c14-5-8-1-3-9(4-2-8)13(18)7-19-10(6-15)11(16)12(13)17/h1-5,10-12,15-18H,6-7H2/t10-,11-,12+,13+/m1/s1. The molecule has 1 aromatic rings. The lowest BCUT2D eigenvalue weighted by molar-refractivity contribution is -0.245. The van der Waals surface area contributed by atoms with Crippen LogP contribution in [0.1, 0.15) is 15.9 Å². The second-order valence-corrected chi connectivity index (χ2v) is 4.63. The van der Waals surface area contributed by atoms with Gasteiger partial charge in [-0.1, -0.05) is 24.3 Å². The van der Waals surface area contributed by atoms with Crippen molar-refractivity contribution in [2.45, 2.75) is 23.9 Å². The van der Waals surface area contributed by atoms with Gasteiger partial charge in [0.25, 0.3) is 0 Å². The quantitative estimate of drug-likeness (QED) is 0.513. The van der Waals surface area contributed by atoms with Gasteiger partial charge in [-0.15, -0.1) is 0 Å². The molecular weight excluding hydrogens is 252 g/mol. The van der Waals surface area contributed by atoms with E-state index in [9.17, 15) is 20.1 Å². The summed E-state index contributed by atoms with van der Waals surface area (Å²) in [6.07, 6.45) is -3.14. The Bertz CT molecular complexity index is 445. The topological polar surface area (TPSA) is 107 Å². The molecule has 104 valence electrons. The van der Waals surface area contributed by atoms with Crippen molar-refractivity contribution in [3.8, 4) is 0 Å². The third kappa shape index (κ3) is 2.41. The molecular formula is C13H16O6. The van der Waals surface area contributed by atoms with Gasteiger partial charge >= 0.3 is 0 Å². The van der Waals surface area contributed by atoms with Crippen LogP contribution >= 0.6 is 0 Å². The Morgan fingerprint density at radius 1 is 1.32 bits per heavy atom. The number of hydrogen-bond donors (Lipinski definition) is 4. The van der Waals surface area contributed by atoms with Gasteiger partial charge in [0.2, 0.25) is 0 Å². The summed E-state index contributed by atoms with van der Waals surface area (Å²) in [5.74, 6) is 0. The molecule has 0 saturated carbocycles. The lowest BCUT2D eigenvalue weighted by Crippen LogP contribution is -2.60. The van der Waals surface area contributed by atoms with Crippen LogP contribution in [0.15, 0.2) is 24.3 Å². The number of ether oxygens (including phenoxy) is 1. The van der Waals surface area contributed by atoms with E-state index in [2.05, 4.69) is 0 Å². The molecule has 0 aliphatic carbocycles. The average molecular weight is 268 g/mol. The molecule has 1 fully saturated rings. The van der Waals surface area contributed by atoms with E-state index in [-0.39, 0.29) is 6.61 Å². The highest BCUT2D eigenvalue weighted by molar-refractivity contribution is 5.74. The Morgan fingerprint density at radius 2 is 1.95 bits per heavy atom. The molecule has 6 heteroatoms. The van der Waals surface area contributed by atoms with Crippen molar-refractivity contribution in [1.29, 1.82) is 0 Å². The zero-order chi connectivity index (χ0) is 14.0. The van der Waals surface area contributed by atoms with Crippen LogP contribution in [0, 0.1) is 0 Å². The van der Waals surface area contributed by atoms with E-state index in [1.54, 1.807) is 0 Å². The van der Waals surface area contributed by atoms with Crippen molar-refractivity contribution in [3.63, 3.8) is 0 Å². The van der Waals surface area contributed by atoms with Crippen LogP contribution in [0.4, 0.5) is 0 Å². The smallest absolute Gasteiger partial charge is 0.150 e. The molecule has 0 unspecified atom stereocenters. The van der Waals surface area contributed by atoms with E-state index in [4.69, 9.17) is 9.84 Å². The number of aliphatic hydroxyl groups is 4. The minimum Gasteiger partial charge on any atom is -0.394 e. The van der Waals surface area contributed by atoms with Crippen molar-refractivity contribution in [3.05, 3.63) is 35.4 Å². The van der Waals surface area contributed by atoms with Gasteiger partial charge in [-0.05, 0) is 5.56 Å². The zero-order valence-corrected chi connectivity index (χ0v) is 10.1. The number of benzene rings is 1. The maximum atomic E-state index is 10.6. The molecule has 1 aliphatic rings. The normalized spacial score (nSPS) is 35.1. The van der Waals surface area contributed by atoms with E-state index in [0.29, 0.717) is 17.4 Å². The lowest BCUT2D eigenvalue weighted by atomic mass is 9.82. The van der Waals surface area contributed by atoms with Gasteiger partial charge in [-0.25, -0.2) is 0 Å². The maximum Gasteiger partial charge on any atom is 0.150 e. The second-order valence-electron chi connectivity index (χ2n) is 4.63. The highest BCUT2D eigenvalue weighted by atomic mass is 16.5. The van der Waals surface area contributed by atoms with Gasteiger partial charge in [-0.2, -0.15) is 0 Å². The van der Waals surface area contributed by atoms with E-state index in [0.717, 1.165) is 0 Å². The van der Waals surface area contributed by atoms with Gasteiger partial charge in [0.15, 0.2) is 0 Å². The molecule has 0 radical (unpaired) electrons. The van der Waals surface area contributed by atoms with Gasteiger partial charge in [0.05, 0.1) is 13.2 Å². The predicted octanol–water partition coefficient (Wildman–Crippen LogP) is -1.20. The fraction of sp³-hybridized carbons (Fsp3) is 0.462. The average Bonchev–Trinajstić information content (AvgIpc) is 2.45. The fourth-order valence-corrected chi connectivity index (χ4v) is 2.17. The molecule has 4 N–H and O–H groups in total. The molecule has 0 bridgehead atoms. The molecule has 1 aromatic carbocycles. The summed E-state index contributed by atoms with van der Waals surface area (Å²) >= 11 is 0. The molecule has 1 aliphatic heterocycles. The summed E-state index contributed by atoms with van der Waals surface area (Å²) in [6, 6.07) is 5.97. The molecule has 0 spiro atoms. The van der Waals surface area contributed by atoms with Crippen LogP contribution in [0.3, 0.4) is 0 Å². The first-order valence-corrected chi connectivity index (χ1v) is 5.89. The lowest BCUT2D eigenvalue weighted by Gasteiger charge is -2.43. The summed E-state index contributed by atoms with van der Waals surface area (Å²) in [7, 11) is 0. The summed E-state index contributed by atoms with van der Waals surface area (Å²) in [6.45, 7) is -0.699. The molecule has 0 aromatic heterocycles. The predicted molar refractivity (Wildman–Crippen MR) is 64.6 cm³/mol. The Labute approximate surface area is 109 Å². The first-order chi connectivity index (χ1) is 9.02. The Morgan fingerprint density at radius 3 is 2.47 bits per heavy atom. The van der Waals surface area contributed by atoms with Crippen LogP contribution in [-0.4, -0.2) is 58.2 Å². The third-order valence-electron chi connectivity index (χ3n) is 3.44. The Balaban J connectivity index is 2.28. The summed E-state index contributed by atoms with van der Waals surface area (Å²) < 4.78 is 5.16. The number of aliphatic hydroxyl groups excluding tert-OH is 3. The van der Waals surface area contributed by atoms with Crippen LogP contribution in [0.5, 0.6) is 0 Å². The Hall–Kier alpha value is -1.31. The van der Waals surface area contributed by atoms with Gasteiger partial charge in [-0.3, -0.25) is 4.79 Å². The molecule has 0 amide bonds. The summed E-state index contributed by atoms with van der Waals surface area (Å²) in [5, 5.41) is 39.2. The van der Waals surface area contributed by atoms with Crippen LogP contribution in [0.2, 0.25) is 0 Å². The monoisotopic (exact) mass is 268 g/mol. The number of hydrogen-bond acceptors (Lipinski definition) is 6. The summed E-state index contributed by atoms with van der Waals surface area (Å²) in [4.78, 5) is 10.6. The fourth-order valence-electron chi connectivity index (χ4n) is 2.17. The second kappa shape index (κ2) is 5.36. The minimum absolute atomic E-state index is 0.253. The van der Waals surface area contributed by atoms with Gasteiger partial charge < -0.3 is 25.2 Å². The van der Waals surface area contributed by atoms with Crippen molar-refractivity contribution >= 4 is 6.29 Å². The molecule has 6 nitrogen and oxygen atoms in total. The largest absolute Gasteiger partial charge is 0.394 e. The molecule has 2 rings (SSSR count). The number of rotatable bonds is 3. The van der Waals surface area contributed by atoms with Crippen LogP contribution in [-0.2, 0) is 10.3 Å². The van der Waals surface area contributed by atoms with Crippen LogP contribution < -0.4 is 0 Å². The first-order valence-electron chi connectivity index (χ1n) is 5.89. The highest BCUT2D eigenvalue weighted by Crippen LogP contribution is 2.33. The molecule has 4 atom stereocenters. The van der Waals surface area contributed by atoms with Crippen molar-refractivity contribution < 1.29 is 30.0 Å². The van der Waals surface area contributed by atoms with Crippen LogP contribution in [0.25, 0.3) is 0 Å². The van der Waals surface area contributed by atoms with Gasteiger partial charge in [0.1, 0.15) is 30.2 Å². The SMILES string of the molecule is O=Cc1ccc([C@@]2(O)CO[C@H](CO)[C@@H](O)[C@@H]2O)cc1. The molecule has 19 heavy (non-hydrogen) atoms. The van der Waals surface area contributed by atoms with Crippen molar-refractivity contribution in [2.75, 3.05) is 13.2 Å². The van der Waals surface area contributed by atoms with E-state index >= 15 is 0 Å². The number of carbonyl (C=O) groups is 1. The van der Waals surface area contributed by atoms with E-state index in [1.165, 1.54) is 24.3 Å². The van der Waals surface area contributed by atoms with Gasteiger partial charge in [0, 0.05) is 5.56 Å². The zero-order valence-electron chi connectivity index (χ0n) is 10.1. The van der Waals surface area contributed by atoms with E-state index < -0.39 is 30.5 Å². The Kier molecular flexibility index (Phi) is 3.98. The van der Waals surface area contributed by atoms with Crippen molar-refractivity contribution in [2.24, 2.45) is 0 Å². The third-order valence-corrected chi connectivity index (χ3v) is 3.44. The summed E-state index contributed by atoms with van der Waals surface area (Å²) in [5.41, 5.74) is -1.000. The molecule has 1 heterocycles.